The Kier molecular flexibility index (Phi) is 5.98. The molecule has 0 aliphatic rings. The van der Waals surface area contributed by atoms with Crippen LogP contribution in [-0.2, 0) is 20.3 Å². The largest absolute Gasteiger partial charge is 0.490 e. The Morgan fingerprint density at radius 2 is 1.75 bits per heavy atom. The molecule has 0 aliphatic carbocycles. The van der Waals surface area contributed by atoms with Gasteiger partial charge in [0.05, 0.1) is 11.3 Å². The van der Waals surface area contributed by atoms with Gasteiger partial charge in [0, 0.05) is 6.26 Å². The molecule has 0 spiro atoms. The van der Waals surface area contributed by atoms with Gasteiger partial charge in [0.2, 0.25) is 0 Å². The summed E-state index contributed by atoms with van der Waals surface area (Å²) in [7, 11) is -3.15. The molecule has 0 amide bonds. The van der Waals surface area contributed by atoms with Crippen LogP contribution in [0.4, 0.5) is 0 Å². The predicted octanol–water partition coefficient (Wildman–Crippen LogP) is 2.78. The number of carbonyl (C=O) groups excluding carboxylic acids is 1. The van der Waals surface area contributed by atoms with Gasteiger partial charge in [-0.15, -0.1) is 0 Å². The van der Waals surface area contributed by atoms with Crippen molar-refractivity contribution in [2.24, 2.45) is 0 Å². The minimum atomic E-state index is -3.15. The summed E-state index contributed by atoms with van der Waals surface area (Å²) in [5.74, 6) is 0.106. The smallest absolute Gasteiger partial charge is 0.338 e. The molecule has 6 heteroatoms. The second-order valence-electron chi connectivity index (χ2n) is 5.57. The van der Waals surface area contributed by atoms with E-state index in [1.165, 1.54) is 6.07 Å². The molecular weight excluding hydrogens is 328 g/mol. The van der Waals surface area contributed by atoms with Crippen molar-refractivity contribution in [1.29, 1.82) is 0 Å². The Hall–Kier alpha value is -2.34. The SMILES string of the molecule is Cc1ccc(OCCOC(=O)c2cccc(CS(C)(=O)=O)c2)cc1. The van der Waals surface area contributed by atoms with E-state index in [0.29, 0.717) is 16.9 Å². The Labute approximate surface area is 142 Å². The number of esters is 1. The first-order valence-corrected chi connectivity index (χ1v) is 9.53. The zero-order chi connectivity index (χ0) is 17.6. The first kappa shape index (κ1) is 18.0. The third-order valence-electron chi connectivity index (χ3n) is 3.20. The average molecular weight is 348 g/mol. The molecule has 0 bridgehead atoms. The average Bonchev–Trinajstić information content (AvgIpc) is 2.51. The molecule has 0 fully saturated rings. The highest BCUT2D eigenvalue weighted by atomic mass is 32.2. The molecule has 0 saturated carbocycles. The van der Waals surface area contributed by atoms with Gasteiger partial charge in [-0.25, -0.2) is 13.2 Å². The molecule has 0 radical (unpaired) electrons. The highest BCUT2D eigenvalue weighted by Crippen LogP contribution is 2.12. The lowest BCUT2D eigenvalue weighted by Gasteiger charge is -2.08. The summed E-state index contributed by atoms with van der Waals surface area (Å²) in [6.07, 6.45) is 1.15. The normalized spacial score (nSPS) is 11.1. The molecule has 0 atom stereocenters. The third kappa shape index (κ3) is 6.04. The van der Waals surface area contributed by atoms with Crippen LogP contribution in [0.3, 0.4) is 0 Å². The summed E-state index contributed by atoms with van der Waals surface area (Å²) in [6, 6.07) is 14.0. The van der Waals surface area contributed by atoms with E-state index < -0.39 is 15.8 Å². The van der Waals surface area contributed by atoms with Crippen LogP contribution in [0.1, 0.15) is 21.5 Å². The van der Waals surface area contributed by atoms with Crippen molar-refractivity contribution in [2.45, 2.75) is 12.7 Å². The zero-order valence-corrected chi connectivity index (χ0v) is 14.5. The fourth-order valence-corrected chi connectivity index (χ4v) is 2.89. The Bertz CT molecular complexity index is 794. The van der Waals surface area contributed by atoms with Crippen molar-refractivity contribution in [3.05, 3.63) is 65.2 Å². The maximum Gasteiger partial charge on any atom is 0.338 e. The quantitative estimate of drug-likeness (QED) is 0.568. The monoisotopic (exact) mass is 348 g/mol. The van der Waals surface area contributed by atoms with Crippen molar-refractivity contribution in [3.8, 4) is 5.75 Å². The van der Waals surface area contributed by atoms with Crippen LogP contribution in [0.2, 0.25) is 0 Å². The van der Waals surface area contributed by atoms with Crippen LogP contribution < -0.4 is 4.74 Å². The molecule has 0 N–H and O–H groups in total. The van der Waals surface area contributed by atoms with Gasteiger partial charge in [0.1, 0.15) is 19.0 Å². The number of hydrogen-bond donors (Lipinski definition) is 0. The number of ether oxygens (including phenoxy) is 2. The van der Waals surface area contributed by atoms with Crippen molar-refractivity contribution in [1.82, 2.24) is 0 Å². The highest BCUT2D eigenvalue weighted by Gasteiger charge is 2.10. The third-order valence-corrected chi connectivity index (χ3v) is 4.06. The van der Waals surface area contributed by atoms with Gasteiger partial charge in [-0.2, -0.15) is 0 Å². The lowest BCUT2D eigenvalue weighted by molar-refractivity contribution is 0.0450. The van der Waals surface area contributed by atoms with E-state index in [0.717, 1.165) is 11.8 Å². The topological polar surface area (TPSA) is 69.7 Å². The predicted molar refractivity (Wildman–Crippen MR) is 91.9 cm³/mol. The summed E-state index contributed by atoms with van der Waals surface area (Å²) < 4.78 is 33.3. The van der Waals surface area contributed by atoms with Crippen molar-refractivity contribution in [2.75, 3.05) is 19.5 Å². The second kappa shape index (κ2) is 7.97. The second-order valence-corrected chi connectivity index (χ2v) is 7.71. The maximum absolute atomic E-state index is 12.0. The van der Waals surface area contributed by atoms with Gasteiger partial charge in [-0.3, -0.25) is 0 Å². The number of sulfone groups is 1. The molecule has 128 valence electrons. The zero-order valence-electron chi connectivity index (χ0n) is 13.7. The van der Waals surface area contributed by atoms with E-state index >= 15 is 0 Å². The fraction of sp³-hybridized carbons (Fsp3) is 0.278. The van der Waals surface area contributed by atoms with E-state index in [2.05, 4.69) is 0 Å². The van der Waals surface area contributed by atoms with E-state index in [9.17, 15) is 13.2 Å². The number of rotatable bonds is 7. The molecule has 5 nitrogen and oxygen atoms in total. The Morgan fingerprint density at radius 3 is 2.42 bits per heavy atom. The molecule has 2 rings (SSSR count). The molecule has 0 unspecified atom stereocenters. The minimum absolute atomic E-state index is 0.106. The Balaban J connectivity index is 1.84. The van der Waals surface area contributed by atoms with Crippen LogP contribution in [-0.4, -0.2) is 33.9 Å². The number of benzene rings is 2. The van der Waals surface area contributed by atoms with E-state index in [-0.39, 0.29) is 19.0 Å². The summed E-state index contributed by atoms with van der Waals surface area (Å²) in [4.78, 5) is 12.0. The number of hydrogen-bond acceptors (Lipinski definition) is 5. The molecule has 24 heavy (non-hydrogen) atoms. The summed E-state index contributed by atoms with van der Waals surface area (Å²) >= 11 is 0. The molecule has 0 aliphatic heterocycles. The maximum atomic E-state index is 12.0. The van der Waals surface area contributed by atoms with Crippen LogP contribution in [0.5, 0.6) is 5.75 Å². The molecule has 0 saturated heterocycles. The standard InChI is InChI=1S/C18H20O5S/c1-14-6-8-17(9-7-14)22-10-11-23-18(19)16-5-3-4-15(12-16)13-24(2,20)21/h3-9,12H,10-11,13H2,1-2H3. The highest BCUT2D eigenvalue weighted by molar-refractivity contribution is 7.89. The van der Waals surface area contributed by atoms with Crippen LogP contribution in [0, 0.1) is 6.92 Å². The molecule has 2 aromatic rings. The molecule has 2 aromatic carbocycles. The van der Waals surface area contributed by atoms with Crippen LogP contribution in [0.25, 0.3) is 0 Å². The minimum Gasteiger partial charge on any atom is -0.490 e. The molecule has 0 heterocycles. The van der Waals surface area contributed by atoms with E-state index in [1.54, 1.807) is 18.2 Å². The summed E-state index contributed by atoms with van der Waals surface area (Å²) in [5.41, 5.74) is 2.03. The summed E-state index contributed by atoms with van der Waals surface area (Å²) in [5, 5.41) is 0. The van der Waals surface area contributed by atoms with Gasteiger partial charge in [0.25, 0.3) is 0 Å². The van der Waals surface area contributed by atoms with E-state index in [1.807, 2.05) is 31.2 Å². The molecular formula is C18H20O5S. The van der Waals surface area contributed by atoms with Gasteiger partial charge in [-0.05, 0) is 36.8 Å². The van der Waals surface area contributed by atoms with Crippen molar-refractivity contribution in [3.63, 3.8) is 0 Å². The Morgan fingerprint density at radius 1 is 1.04 bits per heavy atom. The van der Waals surface area contributed by atoms with Gasteiger partial charge < -0.3 is 9.47 Å². The van der Waals surface area contributed by atoms with E-state index in [4.69, 9.17) is 9.47 Å². The molecule has 0 aromatic heterocycles. The first-order chi connectivity index (χ1) is 11.3. The lowest BCUT2D eigenvalue weighted by Crippen LogP contribution is -2.13. The summed E-state index contributed by atoms with van der Waals surface area (Å²) in [6.45, 7) is 2.35. The van der Waals surface area contributed by atoms with Crippen LogP contribution in [0.15, 0.2) is 48.5 Å². The van der Waals surface area contributed by atoms with Crippen molar-refractivity contribution >= 4 is 15.8 Å². The number of carbonyl (C=O) groups is 1. The lowest BCUT2D eigenvalue weighted by atomic mass is 10.1. The van der Waals surface area contributed by atoms with Crippen LogP contribution >= 0.6 is 0 Å². The van der Waals surface area contributed by atoms with Gasteiger partial charge in [0.15, 0.2) is 9.84 Å². The first-order valence-electron chi connectivity index (χ1n) is 7.47. The van der Waals surface area contributed by atoms with Gasteiger partial charge in [-0.1, -0.05) is 29.8 Å². The van der Waals surface area contributed by atoms with Crippen molar-refractivity contribution < 1.29 is 22.7 Å². The number of aryl methyl sites for hydroxylation is 1. The van der Waals surface area contributed by atoms with Gasteiger partial charge >= 0.3 is 5.97 Å². The fourth-order valence-electron chi connectivity index (χ4n) is 2.10.